The van der Waals surface area contributed by atoms with E-state index in [-0.39, 0.29) is 37.7 Å². The van der Waals surface area contributed by atoms with Crippen molar-refractivity contribution in [1.29, 1.82) is 0 Å². The van der Waals surface area contributed by atoms with Gasteiger partial charge in [-0.05, 0) is 23.8 Å². The number of thiophene rings is 1. The summed E-state index contributed by atoms with van der Waals surface area (Å²) in [7, 11) is 0. The molecule has 1 aromatic heterocycles. The zero-order valence-electron chi connectivity index (χ0n) is 18.7. The first-order chi connectivity index (χ1) is 16.6. The first-order valence-corrected chi connectivity index (χ1v) is 11.4. The summed E-state index contributed by atoms with van der Waals surface area (Å²) in [5.41, 5.74) is 6.70. The van der Waals surface area contributed by atoms with E-state index < -0.39 is 35.4 Å². The Morgan fingerprint density at radius 3 is 2.56 bits per heavy atom. The van der Waals surface area contributed by atoms with Crippen LogP contribution in [0.15, 0.2) is 54.6 Å². The summed E-state index contributed by atoms with van der Waals surface area (Å²) >= 11 is 0.626. The zero-order valence-corrected chi connectivity index (χ0v) is 20.3. The lowest BCUT2D eigenvalue weighted by Gasteiger charge is -2.31. The number of fused-ring (bicyclic) bond motifs is 1. The molecule has 192 valence electrons. The number of carbonyl (C=O) groups excluding carboxylic acids is 1. The lowest BCUT2D eigenvalue weighted by atomic mass is 10.1. The number of nitrogens with zero attached hydrogens (tertiary/aromatic N) is 1. The number of aliphatic carboxylic acids is 1. The van der Waals surface area contributed by atoms with E-state index in [9.17, 15) is 22.8 Å². The minimum atomic E-state index is -4.49. The summed E-state index contributed by atoms with van der Waals surface area (Å²) in [5.74, 6) is -1.05. The van der Waals surface area contributed by atoms with Crippen molar-refractivity contribution < 1.29 is 37.3 Å². The van der Waals surface area contributed by atoms with E-state index in [2.05, 4.69) is 0 Å². The van der Waals surface area contributed by atoms with E-state index in [1.807, 2.05) is 0 Å². The highest BCUT2D eigenvalue weighted by Gasteiger charge is 2.36. The standard InChI is InChI=1S/C24H21F3N2O5S.ClH/c25-24(26,27)22-17(14-4-2-1-3-5-14)11-16(35-22)13-34-15-6-7-19-20(10-15)33-9-8-29(19)23(32)18(28)12-21(30)31;/h1-7,10-11,18H,8-9,12-13,28H2,(H,30,31);1H. The van der Waals surface area contributed by atoms with Gasteiger partial charge in [-0.1, -0.05) is 30.3 Å². The van der Waals surface area contributed by atoms with Gasteiger partial charge in [0.05, 0.1) is 24.7 Å². The SMILES string of the molecule is Cl.NC(CC(=O)O)C(=O)N1CCOc2cc(OCc3cc(-c4ccccc4)c(C(F)(F)F)s3)ccc21. The number of anilines is 1. The second-order valence-corrected chi connectivity index (χ2v) is 8.92. The number of amides is 1. The van der Waals surface area contributed by atoms with Crippen LogP contribution in [0.1, 0.15) is 16.2 Å². The molecule has 36 heavy (non-hydrogen) atoms. The average Bonchev–Trinajstić information content (AvgIpc) is 3.27. The van der Waals surface area contributed by atoms with Gasteiger partial charge in [-0.2, -0.15) is 13.2 Å². The van der Waals surface area contributed by atoms with Gasteiger partial charge in [0.15, 0.2) is 0 Å². The van der Waals surface area contributed by atoms with Crippen LogP contribution < -0.4 is 20.1 Å². The molecule has 3 N–H and O–H groups in total. The monoisotopic (exact) mass is 542 g/mol. The first-order valence-electron chi connectivity index (χ1n) is 10.6. The summed E-state index contributed by atoms with van der Waals surface area (Å²) in [5, 5.41) is 8.89. The molecule has 7 nitrogen and oxygen atoms in total. The Bertz CT molecular complexity index is 1240. The predicted octanol–water partition coefficient (Wildman–Crippen LogP) is 4.96. The van der Waals surface area contributed by atoms with Crippen molar-refractivity contribution >= 4 is 41.3 Å². The van der Waals surface area contributed by atoms with Crippen molar-refractivity contribution in [2.45, 2.75) is 25.2 Å². The van der Waals surface area contributed by atoms with Gasteiger partial charge in [-0.3, -0.25) is 9.59 Å². The van der Waals surface area contributed by atoms with E-state index in [1.54, 1.807) is 42.5 Å². The Kier molecular flexibility index (Phi) is 8.49. The molecule has 12 heteroatoms. The molecule has 4 rings (SSSR count). The molecule has 1 unspecified atom stereocenters. The van der Waals surface area contributed by atoms with Crippen molar-refractivity contribution in [2.24, 2.45) is 5.73 Å². The van der Waals surface area contributed by atoms with Crippen LogP contribution in [0.5, 0.6) is 11.5 Å². The Morgan fingerprint density at radius 2 is 1.89 bits per heavy atom. The van der Waals surface area contributed by atoms with Gasteiger partial charge in [0.2, 0.25) is 5.91 Å². The number of carbonyl (C=O) groups is 2. The van der Waals surface area contributed by atoms with Crippen LogP contribution in [0.4, 0.5) is 18.9 Å². The fourth-order valence-electron chi connectivity index (χ4n) is 3.71. The maximum Gasteiger partial charge on any atom is 0.426 e. The molecule has 0 bridgehead atoms. The average molecular weight is 543 g/mol. The second kappa shape index (κ2) is 11.2. The van der Waals surface area contributed by atoms with Crippen molar-refractivity contribution in [2.75, 3.05) is 18.1 Å². The lowest BCUT2D eigenvalue weighted by molar-refractivity contribution is -0.139. The molecule has 3 aromatic rings. The first kappa shape index (κ1) is 27.3. The van der Waals surface area contributed by atoms with Gasteiger partial charge in [0.25, 0.3) is 0 Å². The molecule has 1 atom stereocenters. The van der Waals surface area contributed by atoms with Gasteiger partial charge in [-0.25, -0.2) is 0 Å². The van der Waals surface area contributed by atoms with Crippen LogP contribution >= 0.6 is 23.7 Å². The Hall–Kier alpha value is -3.28. The van der Waals surface area contributed by atoms with Crippen LogP contribution in [-0.4, -0.2) is 36.2 Å². The molecular weight excluding hydrogens is 521 g/mol. The summed E-state index contributed by atoms with van der Waals surface area (Å²) in [6.45, 7) is 0.283. The molecule has 2 heterocycles. The number of carboxylic acid groups (broad SMARTS) is 1. The van der Waals surface area contributed by atoms with Gasteiger partial charge in [0.1, 0.15) is 29.6 Å². The fourth-order valence-corrected chi connectivity index (χ4v) is 4.66. The molecule has 1 aliphatic heterocycles. The number of benzene rings is 2. The largest absolute Gasteiger partial charge is 0.489 e. The number of hydrogen-bond acceptors (Lipinski definition) is 6. The Labute approximate surface area is 214 Å². The maximum atomic E-state index is 13.6. The van der Waals surface area contributed by atoms with E-state index in [0.29, 0.717) is 39.0 Å². The molecule has 2 aromatic carbocycles. The highest BCUT2D eigenvalue weighted by molar-refractivity contribution is 7.12. The lowest BCUT2D eigenvalue weighted by Crippen LogP contribution is -2.48. The second-order valence-electron chi connectivity index (χ2n) is 7.78. The number of nitrogens with two attached hydrogens (primary N) is 1. The highest BCUT2D eigenvalue weighted by Crippen LogP contribution is 2.43. The van der Waals surface area contributed by atoms with Crippen molar-refractivity contribution in [1.82, 2.24) is 0 Å². The van der Waals surface area contributed by atoms with Gasteiger partial charge in [-0.15, -0.1) is 23.7 Å². The number of halogens is 4. The third-order valence-corrected chi connectivity index (χ3v) is 6.43. The maximum absolute atomic E-state index is 13.6. The molecule has 0 saturated heterocycles. The molecule has 0 spiro atoms. The molecule has 0 radical (unpaired) electrons. The van der Waals surface area contributed by atoms with E-state index in [1.165, 1.54) is 17.0 Å². The van der Waals surface area contributed by atoms with Gasteiger partial charge >= 0.3 is 12.1 Å². The molecule has 0 fully saturated rings. The van der Waals surface area contributed by atoms with Gasteiger partial charge < -0.3 is 25.2 Å². The van der Waals surface area contributed by atoms with Crippen LogP contribution in [0.2, 0.25) is 0 Å². The molecule has 0 aliphatic carbocycles. The Balaban J connectivity index is 0.00000361. The minimum absolute atomic E-state index is 0. The number of carboxylic acids is 1. The summed E-state index contributed by atoms with van der Waals surface area (Å²) < 4.78 is 52.2. The summed E-state index contributed by atoms with van der Waals surface area (Å²) in [6.07, 6.45) is -5.00. The predicted molar refractivity (Wildman–Crippen MR) is 131 cm³/mol. The quantitative estimate of drug-likeness (QED) is 0.437. The molecule has 0 saturated carbocycles. The third-order valence-electron chi connectivity index (χ3n) is 5.28. The molecular formula is C24H22ClF3N2O5S. The third kappa shape index (κ3) is 6.10. The van der Waals surface area contributed by atoms with Crippen LogP contribution in [-0.2, 0) is 22.4 Å². The summed E-state index contributed by atoms with van der Waals surface area (Å²) in [4.78, 5) is 24.5. The van der Waals surface area contributed by atoms with Crippen LogP contribution in [0, 0.1) is 0 Å². The summed E-state index contributed by atoms with van der Waals surface area (Å²) in [6, 6.07) is 13.3. The Morgan fingerprint density at radius 1 is 1.17 bits per heavy atom. The van der Waals surface area contributed by atoms with Crippen LogP contribution in [0.3, 0.4) is 0 Å². The number of hydrogen-bond donors (Lipinski definition) is 2. The fraction of sp³-hybridized carbons (Fsp3) is 0.250. The zero-order chi connectivity index (χ0) is 25.2. The smallest absolute Gasteiger partial charge is 0.426 e. The van der Waals surface area contributed by atoms with E-state index in [0.717, 1.165) is 0 Å². The van der Waals surface area contributed by atoms with E-state index >= 15 is 0 Å². The molecule has 1 amide bonds. The number of rotatable bonds is 7. The topological polar surface area (TPSA) is 102 Å². The van der Waals surface area contributed by atoms with Gasteiger partial charge in [0, 0.05) is 16.5 Å². The molecule has 1 aliphatic rings. The van der Waals surface area contributed by atoms with Crippen molar-refractivity contribution in [3.05, 3.63) is 64.4 Å². The van der Waals surface area contributed by atoms with Crippen LogP contribution in [0.25, 0.3) is 11.1 Å². The highest BCUT2D eigenvalue weighted by atomic mass is 35.5. The normalized spacial score (nSPS) is 13.7. The van der Waals surface area contributed by atoms with Crippen molar-refractivity contribution in [3.63, 3.8) is 0 Å². The van der Waals surface area contributed by atoms with Crippen molar-refractivity contribution in [3.8, 4) is 22.6 Å². The van der Waals surface area contributed by atoms with E-state index in [4.69, 9.17) is 20.3 Å². The minimum Gasteiger partial charge on any atom is -0.489 e. The number of alkyl halides is 3. The number of ether oxygens (including phenoxy) is 2.